The second-order valence-corrected chi connectivity index (χ2v) is 4.15. The van der Waals surface area contributed by atoms with Crippen molar-refractivity contribution >= 4 is 5.78 Å². The molecule has 2 heteroatoms. The predicted octanol–water partition coefficient (Wildman–Crippen LogP) is 2.61. The van der Waals surface area contributed by atoms with Crippen LogP contribution in [0.1, 0.15) is 19.8 Å². The minimum Gasteiger partial charge on any atom is -0.363 e. The molecule has 16 heavy (non-hydrogen) atoms. The zero-order chi connectivity index (χ0) is 11.5. The molecule has 1 atom stereocenters. The Morgan fingerprint density at radius 1 is 1.56 bits per heavy atom. The molecule has 0 amide bonds. The Hall–Kier alpha value is -1.57. The predicted molar refractivity (Wildman–Crippen MR) is 65.9 cm³/mol. The third kappa shape index (κ3) is 2.16. The van der Waals surface area contributed by atoms with Gasteiger partial charge in [-0.1, -0.05) is 30.9 Å². The number of nitrogens with zero attached hydrogens (tertiary/aromatic N) is 1. The summed E-state index contributed by atoms with van der Waals surface area (Å²) in [6.45, 7) is 6.76. The van der Waals surface area contributed by atoms with Crippen LogP contribution in [0.25, 0.3) is 0 Å². The monoisotopic (exact) mass is 215 g/mol. The molecule has 1 unspecified atom stereocenters. The lowest BCUT2D eigenvalue weighted by molar-refractivity contribution is -0.114. The molecule has 1 saturated heterocycles. The van der Waals surface area contributed by atoms with Gasteiger partial charge in [-0.05, 0) is 18.9 Å². The molecule has 0 saturated carbocycles. The fourth-order valence-electron chi connectivity index (χ4n) is 2.13. The van der Waals surface area contributed by atoms with Gasteiger partial charge >= 0.3 is 0 Å². The SMILES string of the molecule is C=C/C=C\C(=C/C)C1CN1C1=CC(=O)CC1. The molecule has 0 N–H and O–H groups in total. The van der Waals surface area contributed by atoms with Gasteiger partial charge in [0.15, 0.2) is 5.78 Å². The average molecular weight is 215 g/mol. The van der Waals surface area contributed by atoms with Crippen molar-refractivity contribution in [2.45, 2.75) is 25.8 Å². The Bertz CT molecular complexity index is 401. The zero-order valence-corrected chi connectivity index (χ0v) is 9.65. The Labute approximate surface area is 96.6 Å². The number of carbonyl (C=O) groups is 1. The van der Waals surface area contributed by atoms with Gasteiger partial charge < -0.3 is 4.90 Å². The van der Waals surface area contributed by atoms with E-state index in [4.69, 9.17) is 0 Å². The molecule has 0 radical (unpaired) electrons. The van der Waals surface area contributed by atoms with Crippen molar-refractivity contribution in [3.8, 4) is 0 Å². The number of hydrogen-bond donors (Lipinski definition) is 0. The van der Waals surface area contributed by atoms with E-state index in [0.29, 0.717) is 12.5 Å². The van der Waals surface area contributed by atoms with Gasteiger partial charge in [-0.3, -0.25) is 4.79 Å². The van der Waals surface area contributed by atoms with Crippen molar-refractivity contribution < 1.29 is 4.79 Å². The van der Waals surface area contributed by atoms with Crippen LogP contribution in [0.2, 0.25) is 0 Å². The summed E-state index contributed by atoms with van der Waals surface area (Å²) >= 11 is 0. The van der Waals surface area contributed by atoms with Gasteiger partial charge in [0.05, 0.1) is 6.04 Å². The summed E-state index contributed by atoms with van der Waals surface area (Å²) in [6.07, 6.45) is 11.4. The Morgan fingerprint density at radius 3 is 2.94 bits per heavy atom. The van der Waals surface area contributed by atoms with Crippen LogP contribution in [-0.2, 0) is 4.79 Å². The minimum absolute atomic E-state index is 0.268. The van der Waals surface area contributed by atoms with Crippen molar-refractivity contribution in [2.75, 3.05) is 6.54 Å². The summed E-state index contributed by atoms with van der Waals surface area (Å²) in [5.41, 5.74) is 2.52. The van der Waals surface area contributed by atoms with E-state index in [-0.39, 0.29) is 5.78 Å². The van der Waals surface area contributed by atoms with Crippen LogP contribution < -0.4 is 0 Å². The van der Waals surface area contributed by atoms with Crippen LogP contribution in [-0.4, -0.2) is 23.3 Å². The molecular formula is C14H17NO. The number of hydrogen-bond acceptors (Lipinski definition) is 2. The third-order valence-corrected chi connectivity index (χ3v) is 3.08. The van der Waals surface area contributed by atoms with Gasteiger partial charge in [-0.15, -0.1) is 0 Å². The van der Waals surface area contributed by atoms with Gasteiger partial charge in [0.2, 0.25) is 0 Å². The Morgan fingerprint density at radius 2 is 2.38 bits per heavy atom. The largest absolute Gasteiger partial charge is 0.363 e. The second kappa shape index (κ2) is 4.52. The highest BCUT2D eigenvalue weighted by Crippen LogP contribution is 2.34. The Balaban J connectivity index is 2.00. The zero-order valence-electron chi connectivity index (χ0n) is 9.65. The first-order valence-corrected chi connectivity index (χ1v) is 5.71. The van der Waals surface area contributed by atoms with Crippen LogP contribution >= 0.6 is 0 Å². The molecule has 1 aliphatic heterocycles. The molecular weight excluding hydrogens is 198 g/mol. The minimum atomic E-state index is 0.268. The van der Waals surface area contributed by atoms with Crippen LogP contribution in [0.3, 0.4) is 0 Å². The first-order valence-electron chi connectivity index (χ1n) is 5.71. The van der Waals surface area contributed by atoms with E-state index in [2.05, 4.69) is 23.6 Å². The first-order chi connectivity index (χ1) is 7.76. The van der Waals surface area contributed by atoms with E-state index in [9.17, 15) is 4.79 Å². The number of rotatable bonds is 4. The van der Waals surface area contributed by atoms with Gasteiger partial charge in [0.25, 0.3) is 0 Å². The number of allylic oxidation sites excluding steroid dienone is 5. The normalized spacial score (nSPS) is 25.2. The maximum atomic E-state index is 11.2. The van der Waals surface area contributed by atoms with Crippen molar-refractivity contribution in [3.63, 3.8) is 0 Å². The molecule has 0 spiro atoms. The second-order valence-electron chi connectivity index (χ2n) is 4.15. The molecule has 1 heterocycles. The van der Waals surface area contributed by atoms with E-state index in [0.717, 1.165) is 13.0 Å². The van der Waals surface area contributed by atoms with Crippen LogP contribution in [0.4, 0.5) is 0 Å². The highest BCUT2D eigenvalue weighted by Gasteiger charge is 2.38. The van der Waals surface area contributed by atoms with Gasteiger partial charge in [0, 0.05) is 24.7 Å². The lowest BCUT2D eigenvalue weighted by Crippen LogP contribution is -2.01. The maximum Gasteiger partial charge on any atom is 0.157 e. The summed E-state index contributed by atoms with van der Waals surface area (Å²) in [5.74, 6) is 0.268. The topological polar surface area (TPSA) is 20.1 Å². The van der Waals surface area contributed by atoms with E-state index >= 15 is 0 Å². The molecule has 0 aromatic heterocycles. The van der Waals surface area contributed by atoms with E-state index < -0.39 is 0 Å². The number of carbonyl (C=O) groups excluding carboxylic acids is 1. The molecule has 2 nitrogen and oxygen atoms in total. The van der Waals surface area contributed by atoms with Crippen LogP contribution in [0, 0.1) is 0 Å². The lowest BCUT2D eigenvalue weighted by atomic mass is 10.1. The highest BCUT2D eigenvalue weighted by molar-refractivity contribution is 5.92. The summed E-state index contributed by atoms with van der Waals surface area (Å²) in [6, 6.07) is 0.471. The van der Waals surface area contributed by atoms with E-state index in [1.165, 1.54) is 11.3 Å². The molecule has 1 fully saturated rings. The molecule has 0 bridgehead atoms. The van der Waals surface area contributed by atoms with E-state index in [1.54, 1.807) is 12.2 Å². The fraction of sp³-hybridized carbons (Fsp3) is 0.357. The third-order valence-electron chi connectivity index (χ3n) is 3.08. The standard InChI is InChI=1S/C14H17NO/c1-3-5-6-11(4-2)14-10-15(14)12-7-8-13(16)9-12/h3-6,9,14H,1,7-8,10H2,2H3/b6-5-,11-4+. The van der Waals surface area contributed by atoms with Crippen LogP contribution in [0.15, 0.2) is 48.2 Å². The number of ketones is 1. The highest BCUT2D eigenvalue weighted by atomic mass is 16.1. The molecule has 84 valence electrons. The van der Waals surface area contributed by atoms with Crippen molar-refractivity contribution in [3.05, 3.63) is 48.2 Å². The molecule has 1 aliphatic carbocycles. The summed E-state index contributed by atoms with van der Waals surface area (Å²) in [5, 5.41) is 0. The van der Waals surface area contributed by atoms with Crippen LogP contribution in [0.5, 0.6) is 0 Å². The average Bonchev–Trinajstić information content (AvgIpc) is 2.95. The first kappa shape index (κ1) is 10.9. The smallest absolute Gasteiger partial charge is 0.157 e. The van der Waals surface area contributed by atoms with Crippen molar-refractivity contribution in [1.29, 1.82) is 0 Å². The summed E-state index contributed by atoms with van der Waals surface area (Å²) < 4.78 is 0. The molecule has 2 aliphatic rings. The molecule has 0 aromatic rings. The molecule has 2 rings (SSSR count). The van der Waals surface area contributed by atoms with Gasteiger partial charge in [-0.25, -0.2) is 0 Å². The lowest BCUT2D eigenvalue weighted by Gasteiger charge is -2.06. The summed E-state index contributed by atoms with van der Waals surface area (Å²) in [7, 11) is 0. The summed E-state index contributed by atoms with van der Waals surface area (Å²) in [4.78, 5) is 13.5. The Kier molecular flexibility index (Phi) is 3.09. The van der Waals surface area contributed by atoms with Gasteiger partial charge in [-0.2, -0.15) is 0 Å². The fourth-order valence-corrected chi connectivity index (χ4v) is 2.13. The molecule has 0 aromatic carbocycles. The van der Waals surface area contributed by atoms with Crippen molar-refractivity contribution in [1.82, 2.24) is 4.90 Å². The van der Waals surface area contributed by atoms with Crippen molar-refractivity contribution in [2.24, 2.45) is 0 Å². The maximum absolute atomic E-state index is 11.2. The quantitative estimate of drug-likeness (QED) is 0.530. The van der Waals surface area contributed by atoms with E-state index in [1.807, 2.05) is 13.0 Å². The van der Waals surface area contributed by atoms with Gasteiger partial charge in [0.1, 0.15) is 0 Å².